The average Bonchev–Trinajstić information content (AvgIpc) is 3.34. The van der Waals surface area contributed by atoms with Gasteiger partial charge in [0.2, 0.25) is 17.7 Å². The van der Waals surface area contributed by atoms with Gasteiger partial charge in [-0.25, -0.2) is 0 Å². The summed E-state index contributed by atoms with van der Waals surface area (Å²) in [5.41, 5.74) is 0. The number of nitrogens with one attached hydrogen (secondary N) is 3. The van der Waals surface area contributed by atoms with E-state index in [1.807, 2.05) is 27.7 Å². The molecule has 0 radical (unpaired) electrons. The minimum absolute atomic E-state index is 0.145. The van der Waals surface area contributed by atoms with Crippen LogP contribution in [0.3, 0.4) is 0 Å². The molecule has 0 aliphatic carbocycles. The van der Waals surface area contributed by atoms with Gasteiger partial charge >= 0.3 is 0 Å². The number of rotatable bonds is 48. The lowest BCUT2D eigenvalue weighted by molar-refractivity contribution is -0.130. The van der Waals surface area contributed by atoms with Gasteiger partial charge in [-0.3, -0.25) is 24.0 Å². The highest BCUT2D eigenvalue weighted by Gasteiger charge is 2.21. The van der Waals surface area contributed by atoms with E-state index in [1.165, 1.54) is 154 Å². The molecule has 0 bridgehead atoms. The lowest BCUT2D eigenvalue weighted by Gasteiger charge is -2.19. The molecule has 3 atom stereocenters. The van der Waals surface area contributed by atoms with Gasteiger partial charge in [-0.15, -0.1) is 0 Å². The number of hydrogen-bond acceptors (Lipinski definition) is 7. The number of amides is 3. The van der Waals surface area contributed by atoms with Gasteiger partial charge in [-0.2, -0.15) is 0 Å². The average molecular weight is 983 g/mol. The summed E-state index contributed by atoms with van der Waals surface area (Å²) in [6.07, 6.45) is 42.9. The lowest BCUT2D eigenvalue weighted by atomic mass is 9.96. The van der Waals surface area contributed by atoms with Crippen LogP contribution in [0.15, 0.2) is 0 Å². The molecular weight excluding hydrogens is 863 g/mol. The third-order valence-electron chi connectivity index (χ3n) is 12.6. The smallest absolute Gasteiger partial charge is 0.293 e. The molecule has 3 unspecified atom stereocenters. The molecule has 3 N–H and O–H groups in total. The molecule has 69 heavy (non-hydrogen) atoms. The number of hydrogen-bond donors (Lipinski definition) is 3. The Hall–Kier alpha value is -2.65. The molecule has 0 saturated heterocycles. The summed E-state index contributed by atoms with van der Waals surface area (Å²) in [4.78, 5) is 57.3. The van der Waals surface area contributed by atoms with Crippen LogP contribution in [-0.2, 0) is 33.4 Å². The van der Waals surface area contributed by atoms with Crippen LogP contribution in [0, 0.1) is 17.8 Å². The molecular formula is C59H119N3O7. The van der Waals surface area contributed by atoms with Crippen molar-refractivity contribution in [2.75, 3.05) is 26.3 Å². The molecule has 0 saturated carbocycles. The van der Waals surface area contributed by atoms with Crippen LogP contribution in [-0.4, -0.2) is 63.0 Å². The second-order valence-corrected chi connectivity index (χ2v) is 20.0. The summed E-state index contributed by atoms with van der Waals surface area (Å²) in [5, 5.41) is 8.49. The third kappa shape index (κ3) is 65.3. The Balaban J connectivity index is -0.000000514. The molecule has 0 aliphatic rings. The van der Waals surface area contributed by atoms with Crippen molar-refractivity contribution >= 4 is 30.7 Å². The molecule has 0 spiro atoms. The first-order valence-corrected chi connectivity index (χ1v) is 29.5. The maximum atomic E-state index is 12.7. The fourth-order valence-corrected chi connectivity index (χ4v) is 7.98. The Bertz CT molecular complexity index is 1030. The van der Waals surface area contributed by atoms with Gasteiger partial charge in [-0.1, -0.05) is 236 Å². The molecule has 0 aliphatic heterocycles. The summed E-state index contributed by atoms with van der Waals surface area (Å²) in [6, 6.07) is -0.751. The Morgan fingerprint density at radius 3 is 1.13 bits per heavy atom. The second-order valence-electron chi connectivity index (χ2n) is 20.0. The van der Waals surface area contributed by atoms with Gasteiger partial charge in [0.05, 0.1) is 13.2 Å². The van der Waals surface area contributed by atoms with Crippen molar-refractivity contribution in [2.45, 2.75) is 306 Å². The Kier molecular flexibility index (Phi) is 66.9. The van der Waals surface area contributed by atoms with Crippen molar-refractivity contribution in [1.82, 2.24) is 16.0 Å². The van der Waals surface area contributed by atoms with Gasteiger partial charge in [0, 0.05) is 25.9 Å². The van der Waals surface area contributed by atoms with Crippen molar-refractivity contribution in [3.63, 3.8) is 0 Å². The normalized spacial score (nSPS) is 11.9. The summed E-state index contributed by atoms with van der Waals surface area (Å²) >= 11 is 0. The van der Waals surface area contributed by atoms with E-state index < -0.39 is 6.04 Å². The number of ether oxygens (including phenoxy) is 2. The van der Waals surface area contributed by atoms with E-state index >= 15 is 0 Å². The third-order valence-corrected chi connectivity index (χ3v) is 12.6. The van der Waals surface area contributed by atoms with Gasteiger partial charge in [0.25, 0.3) is 12.9 Å². The summed E-state index contributed by atoms with van der Waals surface area (Å²) in [6.45, 7) is 24.8. The van der Waals surface area contributed by atoms with Crippen LogP contribution in [0.4, 0.5) is 0 Å². The van der Waals surface area contributed by atoms with E-state index in [4.69, 9.17) is 0 Å². The van der Waals surface area contributed by atoms with Crippen molar-refractivity contribution in [3.8, 4) is 0 Å². The van der Waals surface area contributed by atoms with E-state index in [0.29, 0.717) is 51.6 Å². The number of carbonyl (C=O) groups excluding carboxylic acids is 5. The van der Waals surface area contributed by atoms with Crippen molar-refractivity contribution in [3.05, 3.63) is 0 Å². The van der Waals surface area contributed by atoms with Crippen LogP contribution in [0.5, 0.6) is 0 Å². The van der Waals surface area contributed by atoms with E-state index in [0.717, 1.165) is 69.6 Å². The van der Waals surface area contributed by atoms with E-state index in [-0.39, 0.29) is 30.6 Å². The van der Waals surface area contributed by atoms with Gasteiger partial charge in [0.1, 0.15) is 6.04 Å². The van der Waals surface area contributed by atoms with E-state index in [2.05, 4.69) is 67.0 Å². The molecule has 10 heteroatoms. The van der Waals surface area contributed by atoms with Crippen LogP contribution < -0.4 is 16.0 Å². The fourth-order valence-electron chi connectivity index (χ4n) is 7.98. The monoisotopic (exact) mass is 982 g/mol. The van der Waals surface area contributed by atoms with Crippen LogP contribution in [0.25, 0.3) is 0 Å². The lowest BCUT2D eigenvalue weighted by Crippen LogP contribution is -2.47. The molecule has 10 nitrogen and oxygen atoms in total. The maximum Gasteiger partial charge on any atom is 0.293 e. The number of carbonyl (C=O) groups is 5. The molecule has 0 aromatic carbocycles. The van der Waals surface area contributed by atoms with Gasteiger partial charge in [-0.05, 0) is 69.1 Å². The van der Waals surface area contributed by atoms with Gasteiger partial charge < -0.3 is 25.4 Å². The fraction of sp³-hybridized carbons (Fsp3) is 0.915. The Labute approximate surface area is 429 Å². The predicted octanol–water partition coefficient (Wildman–Crippen LogP) is 16.1. The minimum Gasteiger partial charge on any atom is -0.468 e. The highest BCUT2D eigenvalue weighted by molar-refractivity contribution is 5.88. The molecule has 3 amide bonds. The van der Waals surface area contributed by atoms with Crippen molar-refractivity contribution in [2.24, 2.45) is 17.8 Å². The second kappa shape index (κ2) is 63.4. The SMILES string of the molecule is CC.CC(C)CCC(=O)NC(CCC(=O)NCCCCCCOC=O)C(=O)NCCCCCCOC=O.CCCCCCCCC(C)CCCCCC.CCCCCCCCC(C)CCCCCC. The predicted molar refractivity (Wildman–Crippen MR) is 295 cm³/mol. The molecule has 0 aromatic rings. The summed E-state index contributed by atoms with van der Waals surface area (Å²) in [7, 11) is 0. The van der Waals surface area contributed by atoms with Crippen molar-refractivity contribution in [1.29, 1.82) is 0 Å². The summed E-state index contributed by atoms with van der Waals surface area (Å²) < 4.78 is 9.28. The highest BCUT2D eigenvalue weighted by Crippen LogP contribution is 2.19. The molecule has 412 valence electrons. The first kappa shape index (κ1) is 72.9. The first-order chi connectivity index (χ1) is 33.5. The molecule has 0 aromatic heterocycles. The van der Waals surface area contributed by atoms with E-state index in [9.17, 15) is 24.0 Å². The quantitative estimate of drug-likeness (QED) is 0.0407. The molecule has 0 fully saturated rings. The minimum atomic E-state index is -0.751. The zero-order chi connectivity index (χ0) is 52.3. The van der Waals surface area contributed by atoms with Gasteiger partial charge in [0.15, 0.2) is 0 Å². The van der Waals surface area contributed by atoms with Crippen molar-refractivity contribution < 1.29 is 33.4 Å². The number of unbranched alkanes of at least 4 members (excludes halogenated alkanes) is 22. The highest BCUT2D eigenvalue weighted by atomic mass is 16.5. The van der Waals surface area contributed by atoms with E-state index in [1.54, 1.807) is 0 Å². The largest absolute Gasteiger partial charge is 0.468 e. The standard InChI is InChI=1S/C25H45N3O7.2C16H34.C2H6/c1-21(2)11-13-24(32)28-22(25(33)27-16-8-4-6-10-18-35-20-30)12-14-23(31)26-15-7-3-5-9-17-34-19-29;2*1-4-6-8-10-11-13-15-16(3)14-12-9-7-5-2;1-2/h19-22H,3-18H2,1-2H3,(H,26,31)(H,27,33)(H,28,32);2*16H,4-15H2,1-3H3;1-2H3. The Morgan fingerprint density at radius 1 is 0.406 bits per heavy atom. The zero-order valence-corrected chi connectivity index (χ0v) is 47.6. The van der Waals surface area contributed by atoms with Crippen LogP contribution >= 0.6 is 0 Å². The molecule has 0 rings (SSSR count). The molecule has 0 heterocycles. The zero-order valence-electron chi connectivity index (χ0n) is 47.6. The van der Waals surface area contributed by atoms with Crippen LogP contribution in [0.2, 0.25) is 0 Å². The first-order valence-electron chi connectivity index (χ1n) is 29.5. The summed E-state index contributed by atoms with van der Waals surface area (Å²) in [5.74, 6) is 1.71. The Morgan fingerprint density at radius 2 is 0.739 bits per heavy atom. The maximum absolute atomic E-state index is 12.7. The van der Waals surface area contributed by atoms with Crippen LogP contribution in [0.1, 0.15) is 300 Å². The topological polar surface area (TPSA) is 140 Å².